The minimum atomic E-state index is -0.952. The lowest BCUT2D eigenvalue weighted by atomic mass is 10.1. The van der Waals surface area contributed by atoms with Gasteiger partial charge in [-0.05, 0) is 137 Å². The van der Waals surface area contributed by atoms with Crippen molar-refractivity contribution in [2.75, 3.05) is 11.1 Å². The number of hydrogen-bond donors (Lipinski definition) is 6. The maximum absolute atomic E-state index is 12.5. The monoisotopic (exact) mass is 917 g/mol. The van der Waals surface area contributed by atoms with Crippen molar-refractivity contribution in [2.24, 2.45) is 0 Å². The number of hydrogen-bond acceptors (Lipinski definition) is 14. The van der Waals surface area contributed by atoms with Crippen molar-refractivity contribution in [3.05, 3.63) is 192 Å². The van der Waals surface area contributed by atoms with Gasteiger partial charge in [0.15, 0.2) is 0 Å². The number of anilines is 2. The number of carbonyl (C=O) groups excluding carboxylic acids is 1. The molecule has 0 bridgehead atoms. The van der Waals surface area contributed by atoms with Crippen LogP contribution in [0.25, 0.3) is 0 Å². The van der Waals surface area contributed by atoms with Crippen molar-refractivity contribution in [3.63, 3.8) is 0 Å². The van der Waals surface area contributed by atoms with Gasteiger partial charge in [0.25, 0.3) is 11.6 Å². The summed E-state index contributed by atoms with van der Waals surface area (Å²) in [7, 11) is 0. The SMILES string of the molecule is Cc1c(CO)cccc1[N+](=O)[O-].Cc1c(N)cccc1CO.Cc1noc(C)c1COc1ccc(C(=O)Nc2cccc(CO)c2C)cc1.Cc1noc(C)c1COc1ccc(C(=O)O)cc1. The number of aliphatic hydroxyl groups is 3. The summed E-state index contributed by atoms with van der Waals surface area (Å²) in [5.41, 5.74) is 15.9. The number of carboxylic acids is 1. The molecule has 2 aromatic heterocycles. The first-order valence-electron chi connectivity index (χ1n) is 20.8. The van der Waals surface area contributed by atoms with Gasteiger partial charge in [-0.15, -0.1) is 0 Å². The van der Waals surface area contributed by atoms with Gasteiger partial charge in [0, 0.05) is 28.6 Å². The highest BCUT2D eigenvalue weighted by atomic mass is 16.6. The maximum Gasteiger partial charge on any atom is 0.335 e. The van der Waals surface area contributed by atoms with Crippen LogP contribution in [0.3, 0.4) is 0 Å². The first-order chi connectivity index (χ1) is 32.0. The van der Waals surface area contributed by atoms with Crippen LogP contribution < -0.4 is 20.5 Å². The molecule has 7 aromatic rings. The van der Waals surface area contributed by atoms with Crippen LogP contribution in [0.5, 0.6) is 11.5 Å². The van der Waals surface area contributed by atoms with E-state index in [4.69, 9.17) is 39.6 Å². The first-order valence-corrected chi connectivity index (χ1v) is 20.8. The van der Waals surface area contributed by atoms with Gasteiger partial charge < -0.3 is 50.0 Å². The normalized spacial score (nSPS) is 10.3. The number of nitrogens with zero attached hydrogens (tertiary/aromatic N) is 3. The molecule has 0 radical (unpaired) electrons. The van der Waals surface area contributed by atoms with Gasteiger partial charge in [-0.2, -0.15) is 0 Å². The van der Waals surface area contributed by atoms with Gasteiger partial charge in [0.05, 0.1) is 52.8 Å². The molecule has 0 unspecified atom stereocenters. The van der Waals surface area contributed by atoms with Crippen LogP contribution in [0.1, 0.15) is 88.1 Å². The van der Waals surface area contributed by atoms with Crippen molar-refractivity contribution >= 4 is 28.9 Å². The predicted molar refractivity (Wildman–Crippen MR) is 251 cm³/mol. The molecule has 7 N–H and O–H groups in total. The molecule has 0 fully saturated rings. The number of aliphatic hydroxyl groups excluding tert-OH is 3. The Morgan fingerprint density at radius 3 is 1.48 bits per heavy atom. The van der Waals surface area contributed by atoms with E-state index in [0.717, 1.165) is 62.0 Å². The molecule has 0 spiro atoms. The molecule has 7 rings (SSSR count). The number of nitrogens with two attached hydrogens (primary N) is 1. The van der Waals surface area contributed by atoms with Gasteiger partial charge in [-0.1, -0.05) is 46.7 Å². The number of aromatic carboxylic acids is 1. The highest BCUT2D eigenvalue weighted by Gasteiger charge is 2.14. The van der Waals surface area contributed by atoms with Crippen molar-refractivity contribution in [1.29, 1.82) is 0 Å². The number of aryl methyl sites for hydroxylation is 4. The smallest absolute Gasteiger partial charge is 0.335 e. The van der Waals surface area contributed by atoms with E-state index in [2.05, 4.69) is 15.6 Å². The number of amides is 1. The topological polar surface area (TPSA) is 267 Å². The molecule has 0 aliphatic heterocycles. The lowest BCUT2D eigenvalue weighted by molar-refractivity contribution is -0.385. The Morgan fingerprint density at radius 2 is 1.06 bits per heavy atom. The van der Waals surface area contributed by atoms with Crippen molar-refractivity contribution < 1.29 is 53.5 Å². The molecule has 17 nitrogen and oxygen atoms in total. The number of ether oxygens (including phenoxy) is 2. The molecule has 17 heteroatoms. The Hall–Kier alpha value is -7.86. The average Bonchev–Trinajstić information content (AvgIpc) is 3.83. The quantitative estimate of drug-likeness (QED) is 0.0358. The number of nitrogens with one attached hydrogen (secondary N) is 1. The third kappa shape index (κ3) is 14.6. The van der Waals surface area contributed by atoms with Gasteiger partial charge in [0.2, 0.25) is 0 Å². The molecule has 67 heavy (non-hydrogen) atoms. The molecule has 0 aliphatic carbocycles. The van der Waals surface area contributed by atoms with E-state index < -0.39 is 10.9 Å². The summed E-state index contributed by atoms with van der Waals surface area (Å²) in [6.07, 6.45) is 0. The van der Waals surface area contributed by atoms with Crippen LogP contribution in [0.2, 0.25) is 0 Å². The summed E-state index contributed by atoms with van der Waals surface area (Å²) in [5.74, 6) is 1.57. The van der Waals surface area contributed by atoms with E-state index in [1.807, 2.05) is 71.9 Å². The van der Waals surface area contributed by atoms with Crippen LogP contribution in [0.4, 0.5) is 17.1 Å². The summed E-state index contributed by atoms with van der Waals surface area (Å²) < 4.78 is 21.5. The number of nitrogen functional groups attached to an aromatic ring is 1. The fraction of sp³-hybridized carbons (Fsp3) is 0.240. The highest BCUT2D eigenvalue weighted by molar-refractivity contribution is 6.04. The standard InChI is InChI=1S/C21H22N2O4.C13H13NO4.C8H9NO3.C8H11NO/c1-13-17(11-24)5-4-6-20(13)22-21(25)16-7-9-18(10-8-16)26-12-19-14(2)23-27-15(19)3;1-8-12(9(2)18-14-8)7-17-11-5-3-10(4-6-11)13(15)16;1-6-7(5-10)3-2-4-8(6)9(11)12;1-6-7(5-10)3-2-4-8(6)9/h4-10,24H,11-12H2,1-3H3,(H,22,25);3-6H,7H2,1-2H3,(H,15,16);2-4,10H,5H2,1H3;2-4,10H,5,9H2,1H3. The first kappa shape index (κ1) is 51.8. The lowest BCUT2D eigenvalue weighted by Gasteiger charge is -2.12. The van der Waals surface area contributed by atoms with E-state index in [9.17, 15) is 24.8 Å². The average molecular weight is 918 g/mol. The minimum absolute atomic E-state index is 0.0570. The highest BCUT2D eigenvalue weighted by Crippen LogP contribution is 2.23. The lowest BCUT2D eigenvalue weighted by Crippen LogP contribution is -2.13. The zero-order valence-electron chi connectivity index (χ0n) is 38.3. The van der Waals surface area contributed by atoms with Gasteiger partial charge in [-0.25, -0.2) is 4.79 Å². The zero-order valence-corrected chi connectivity index (χ0v) is 38.3. The van der Waals surface area contributed by atoms with Crippen LogP contribution in [0.15, 0.2) is 112 Å². The van der Waals surface area contributed by atoms with Crippen molar-refractivity contribution in [3.8, 4) is 11.5 Å². The van der Waals surface area contributed by atoms with E-state index in [-0.39, 0.29) is 37.0 Å². The Morgan fingerprint density at radius 1 is 0.627 bits per heavy atom. The number of carboxylic acid groups (broad SMARTS) is 1. The fourth-order valence-electron chi connectivity index (χ4n) is 6.22. The molecule has 1 amide bonds. The van der Waals surface area contributed by atoms with Gasteiger partial charge in [-0.3, -0.25) is 14.9 Å². The number of nitro groups is 1. The second-order valence-corrected chi connectivity index (χ2v) is 15.0. The zero-order chi connectivity index (χ0) is 49.2. The summed E-state index contributed by atoms with van der Waals surface area (Å²) in [6.45, 7) is 13.4. The Bertz CT molecular complexity index is 2710. The Kier molecular flexibility index (Phi) is 19.3. The summed E-state index contributed by atoms with van der Waals surface area (Å²) >= 11 is 0. The van der Waals surface area contributed by atoms with Crippen LogP contribution >= 0.6 is 0 Å². The molecule has 0 aliphatic rings. The number of nitro benzene ring substituents is 1. The largest absolute Gasteiger partial charge is 0.489 e. The number of rotatable bonds is 13. The third-order valence-corrected chi connectivity index (χ3v) is 10.7. The molecule has 2 heterocycles. The molecular weight excluding hydrogens is 863 g/mol. The molecule has 352 valence electrons. The van der Waals surface area contributed by atoms with E-state index >= 15 is 0 Å². The number of carbonyl (C=O) groups is 2. The summed E-state index contributed by atoms with van der Waals surface area (Å²) in [5, 5.41) is 56.7. The fourth-order valence-corrected chi connectivity index (χ4v) is 6.22. The Labute approximate surface area is 387 Å². The van der Waals surface area contributed by atoms with E-state index in [1.54, 1.807) is 61.5 Å². The van der Waals surface area contributed by atoms with Crippen molar-refractivity contribution in [2.45, 2.75) is 81.5 Å². The number of benzene rings is 5. The molecule has 0 atom stereocenters. The number of aromatic nitrogens is 2. The predicted octanol–water partition coefficient (Wildman–Crippen LogP) is 8.96. The summed E-state index contributed by atoms with van der Waals surface area (Å²) in [4.78, 5) is 33.1. The van der Waals surface area contributed by atoms with Crippen LogP contribution in [-0.2, 0) is 33.0 Å². The van der Waals surface area contributed by atoms with E-state index in [1.165, 1.54) is 18.2 Å². The molecular formula is C50H55N5O12. The second kappa shape index (κ2) is 25.0. The van der Waals surface area contributed by atoms with E-state index in [0.29, 0.717) is 47.1 Å². The molecule has 0 saturated heterocycles. The van der Waals surface area contributed by atoms with Crippen LogP contribution in [0, 0.1) is 58.6 Å². The maximum atomic E-state index is 12.5. The minimum Gasteiger partial charge on any atom is -0.489 e. The van der Waals surface area contributed by atoms with Gasteiger partial charge in [0.1, 0.15) is 36.2 Å². The molecule has 5 aromatic carbocycles. The van der Waals surface area contributed by atoms with Gasteiger partial charge >= 0.3 is 5.97 Å². The van der Waals surface area contributed by atoms with Crippen molar-refractivity contribution in [1.82, 2.24) is 10.3 Å². The molecule has 0 saturated carbocycles. The summed E-state index contributed by atoms with van der Waals surface area (Å²) in [6, 6.07) is 28.8. The van der Waals surface area contributed by atoms with Crippen LogP contribution in [-0.4, -0.2) is 47.5 Å². The third-order valence-electron chi connectivity index (χ3n) is 10.7. The Balaban J connectivity index is 0.000000211. The second-order valence-electron chi connectivity index (χ2n) is 15.0.